The predicted molar refractivity (Wildman–Crippen MR) is 81.3 cm³/mol. The predicted octanol–water partition coefficient (Wildman–Crippen LogP) is 1.31. The first-order chi connectivity index (χ1) is 9.34. The molecule has 2 rings (SSSR count). The molecular weight excluding hydrogens is 318 g/mol. The van der Waals surface area contributed by atoms with Gasteiger partial charge in [-0.15, -0.1) is 12.4 Å². The molecule has 0 spiro atoms. The number of nitro benzene ring substituents is 1. The summed E-state index contributed by atoms with van der Waals surface area (Å²) in [4.78, 5) is 10.3. The van der Waals surface area contributed by atoms with Crippen molar-refractivity contribution < 1.29 is 13.3 Å². The number of hydrogen-bond acceptors (Lipinski definition) is 5. The maximum absolute atomic E-state index is 12.5. The minimum Gasteiger partial charge on any atom is -0.315 e. The van der Waals surface area contributed by atoms with E-state index in [0.717, 1.165) is 13.0 Å². The second kappa shape index (κ2) is 6.69. The van der Waals surface area contributed by atoms with Gasteiger partial charge in [-0.1, -0.05) is 0 Å². The van der Waals surface area contributed by atoms with Crippen LogP contribution < -0.4 is 5.32 Å². The number of aryl methyl sites for hydroxylation is 1. The largest absolute Gasteiger partial charge is 0.315 e. The van der Waals surface area contributed by atoms with Gasteiger partial charge in [-0.25, -0.2) is 8.42 Å². The Hall–Kier alpha value is -1.22. The van der Waals surface area contributed by atoms with E-state index in [2.05, 4.69) is 5.32 Å². The molecular formula is C12H18ClN3O4S. The lowest BCUT2D eigenvalue weighted by Crippen LogP contribution is -2.38. The minimum absolute atomic E-state index is 0. The average molecular weight is 336 g/mol. The molecule has 1 aromatic rings. The van der Waals surface area contributed by atoms with E-state index >= 15 is 0 Å². The van der Waals surface area contributed by atoms with Gasteiger partial charge in [0.05, 0.1) is 9.82 Å². The van der Waals surface area contributed by atoms with E-state index in [-0.39, 0.29) is 29.0 Å². The molecule has 0 bridgehead atoms. The van der Waals surface area contributed by atoms with E-state index in [1.54, 1.807) is 14.0 Å². The molecule has 9 heteroatoms. The summed E-state index contributed by atoms with van der Waals surface area (Å²) in [5.41, 5.74) is 0.281. The lowest BCUT2D eigenvalue weighted by Gasteiger charge is -2.23. The Balaban J connectivity index is 0.00000220. The summed E-state index contributed by atoms with van der Waals surface area (Å²) < 4.78 is 26.4. The van der Waals surface area contributed by atoms with Crippen LogP contribution in [-0.2, 0) is 10.0 Å². The zero-order valence-corrected chi connectivity index (χ0v) is 13.4. The fourth-order valence-electron chi connectivity index (χ4n) is 2.34. The van der Waals surface area contributed by atoms with Gasteiger partial charge in [0.1, 0.15) is 0 Å². The van der Waals surface area contributed by atoms with E-state index in [9.17, 15) is 18.5 Å². The van der Waals surface area contributed by atoms with Crippen molar-refractivity contribution in [3.8, 4) is 0 Å². The molecule has 0 saturated carbocycles. The number of rotatable bonds is 4. The van der Waals surface area contributed by atoms with E-state index in [1.807, 2.05) is 0 Å². The Morgan fingerprint density at radius 1 is 1.43 bits per heavy atom. The fourth-order valence-corrected chi connectivity index (χ4v) is 3.93. The van der Waals surface area contributed by atoms with Crippen LogP contribution in [0.2, 0.25) is 0 Å². The van der Waals surface area contributed by atoms with Crippen molar-refractivity contribution in [1.82, 2.24) is 9.62 Å². The molecule has 0 radical (unpaired) electrons. The van der Waals surface area contributed by atoms with Crippen molar-refractivity contribution in [3.63, 3.8) is 0 Å². The number of nitrogens with one attached hydrogen (secondary N) is 1. The maximum Gasteiger partial charge on any atom is 0.269 e. The van der Waals surface area contributed by atoms with Crippen molar-refractivity contribution in [3.05, 3.63) is 33.9 Å². The Labute approximate surface area is 129 Å². The highest BCUT2D eigenvalue weighted by atomic mass is 35.5. The lowest BCUT2D eigenvalue weighted by atomic mass is 10.2. The number of sulfonamides is 1. The van der Waals surface area contributed by atoms with Crippen molar-refractivity contribution in [2.45, 2.75) is 24.3 Å². The smallest absolute Gasteiger partial charge is 0.269 e. The molecule has 1 aliphatic heterocycles. The van der Waals surface area contributed by atoms with Gasteiger partial charge in [-0.2, -0.15) is 4.31 Å². The van der Waals surface area contributed by atoms with Crippen LogP contribution in [0.15, 0.2) is 23.1 Å². The van der Waals surface area contributed by atoms with E-state index in [0.29, 0.717) is 12.1 Å². The van der Waals surface area contributed by atoms with Crippen molar-refractivity contribution in [1.29, 1.82) is 0 Å². The molecule has 0 aromatic heterocycles. The van der Waals surface area contributed by atoms with Gasteiger partial charge < -0.3 is 5.32 Å². The molecule has 21 heavy (non-hydrogen) atoms. The summed E-state index contributed by atoms with van der Waals surface area (Å²) in [6.07, 6.45) is 0.766. The van der Waals surface area contributed by atoms with Gasteiger partial charge in [0.2, 0.25) is 10.0 Å². The highest BCUT2D eigenvalue weighted by Gasteiger charge is 2.31. The molecule has 1 saturated heterocycles. The van der Waals surface area contributed by atoms with Crippen LogP contribution in [0.1, 0.15) is 12.0 Å². The molecule has 7 nitrogen and oxygen atoms in total. The normalized spacial score (nSPS) is 18.5. The quantitative estimate of drug-likeness (QED) is 0.661. The van der Waals surface area contributed by atoms with Crippen LogP contribution in [0.5, 0.6) is 0 Å². The zero-order valence-electron chi connectivity index (χ0n) is 11.8. The number of non-ortho nitro benzene ring substituents is 1. The topological polar surface area (TPSA) is 92.5 Å². The standard InChI is InChI=1S/C12H17N3O4S.ClH/c1-9-7-10(15(16)17)3-4-12(9)20(18,19)14(2)11-5-6-13-8-11;/h3-4,7,11,13H,5-6,8H2,1-2H3;1H. The summed E-state index contributed by atoms with van der Waals surface area (Å²) in [7, 11) is -2.08. The Morgan fingerprint density at radius 3 is 2.57 bits per heavy atom. The van der Waals surface area contributed by atoms with Gasteiger partial charge in [0.25, 0.3) is 5.69 Å². The molecule has 0 aliphatic carbocycles. The SMILES string of the molecule is Cc1cc([N+](=O)[O-])ccc1S(=O)(=O)N(C)C1CCNC1.Cl. The maximum atomic E-state index is 12.5. The molecule has 118 valence electrons. The monoisotopic (exact) mass is 335 g/mol. The van der Waals surface area contributed by atoms with Gasteiger partial charge in [-0.05, 0) is 31.5 Å². The lowest BCUT2D eigenvalue weighted by molar-refractivity contribution is -0.385. The Morgan fingerprint density at radius 2 is 2.10 bits per heavy atom. The zero-order chi connectivity index (χ0) is 14.9. The summed E-state index contributed by atoms with van der Waals surface area (Å²) in [5, 5.41) is 13.8. The third-order valence-electron chi connectivity index (χ3n) is 3.57. The molecule has 1 fully saturated rings. The number of nitrogens with zero attached hydrogens (tertiary/aromatic N) is 2. The summed E-state index contributed by atoms with van der Waals surface area (Å²) in [6.45, 7) is 2.99. The third-order valence-corrected chi connectivity index (χ3v) is 5.65. The molecule has 1 atom stereocenters. The number of hydrogen-bond donors (Lipinski definition) is 1. The molecule has 0 amide bonds. The second-order valence-corrected chi connectivity index (χ2v) is 6.84. The van der Waals surface area contributed by atoms with Gasteiger partial charge in [0, 0.05) is 31.8 Å². The molecule has 1 aliphatic rings. The van der Waals surface area contributed by atoms with Crippen LogP contribution >= 0.6 is 12.4 Å². The van der Waals surface area contributed by atoms with Crippen LogP contribution in [0.25, 0.3) is 0 Å². The molecule has 1 heterocycles. The number of nitro groups is 1. The van der Waals surface area contributed by atoms with Gasteiger partial charge >= 0.3 is 0 Å². The third kappa shape index (κ3) is 3.52. The summed E-state index contributed by atoms with van der Waals surface area (Å²) in [5.74, 6) is 0. The van der Waals surface area contributed by atoms with E-state index in [1.165, 1.54) is 22.5 Å². The average Bonchev–Trinajstić information content (AvgIpc) is 2.90. The Bertz CT molecular complexity index is 629. The van der Waals surface area contributed by atoms with Crippen LogP contribution in [0.3, 0.4) is 0 Å². The number of halogens is 1. The first-order valence-corrected chi connectivity index (χ1v) is 7.72. The summed E-state index contributed by atoms with van der Waals surface area (Å²) in [6, 6.07) is 3.74. The van der Waals surface area contributed by atoms with E-state index in [4.69, 9.17) is 0 Å². The first kappa shape index (κ1) is 17.8. The Kier molecular flexibility index (Phi) is 5.68. The minimum atomic E-state index is -3.62. The van der Waals surface area contributed by atoms with Gasteiger partial charge in [-0.3, -0.25) is 10.1 Å². The summed E-state index contributed by atoms with van der Waals surface area (Å²) >= 11 is 0. The van der Waals surface area contributed by atoms with Crippen molar-refractivity contribution >= 4 is 28.1 Å². The van der Waals surface area contributed by atoms with Crippen molar-refractivity contribution in [2.24, 2.45) is 0 Å². The number of likely N-dealkylation sites (N-methyl/N-ethyl adjacent to an activating group) is 1. The van der Waals surface area contributed by atoms with Crippen LogP contribution in [0.4, 0.5) is 5.69 Å². The second-order valence-electron chi connectivity index (χ2n) is 4.87. The highest BCUT2D eigenvalue weighted by molar-refractivity contribution is 7.89. The molecule has 1 N–H and O–H groups in total. The fraction of sp³-hybridized carbons (Fsp3) is 0.500. The van der Waals surface area contributed by atoms with Crippen molar-refractivity contribution in [2.75, 3.05) is 20.1 Å². The van der Waals surface area contributed by atoms with E-state index < -0.39 is 14.9 Å². The molecule has 1 unspecified atom stereocenters. The number of benzene rings is 1. The van der Waals surface area contributed by atoms with Gasteiger partial charge in [0.15, 0.2) is 0 Å². The van der Waals surface area contributed by atoms with Crippen LogP contribution in [-0.4, -0.2) is 43.8 Å². The van der Waals surface area contributed by atoms with Crippen LogP contribution in [0, 0.1) is 17.0 Å². The highest BCUT2D eigenvalue weighted by Crippen LogP contribution is 2.25. The first-order valence-electron chi connectivity index (χ1n) is 6.28. The molecule has 1 aromatic carbocycles.